The topological polar surface area (TPSA) is 118 Å². The summed E-state index contributed by atoms with van der Waals surface area (Å²) in [6.07, 6.45) is 1.99. The van der Waals surface area contributed by atoms with E-state index in [4.69, 9.17) is 11.5 Å². The number of nitrogens with one attached hydrogen (secondary N) is 1. The Hall–Kier alpha value is -1.99. The monoisotopic (exact) mass is 311 g/mol. The summed E-state index contributed by atoms with van der Waals surface area (Å²) in [6.45, 7) is 0.524. The minimum Gasteiger partial charge on any atom is -0.480 e. The first-order chi connectivity index (χ1) is 10.4. The van der Waals surface area contributed by atoms with Crippen LogP contribution in [0, 0.1) is 5.82 Å². The molecule has 0 saturated carbocycles. The van der Waals surface area contributed by atoms with Crippen LogP contribution in [0.3, 0.4) is 0 Å². The third kappa shape index (κ3) is 6.19. The van der Waals surface area contributed by atoms with Crippen molar-refractivity contribution in [3.8, 4) is 0 Å². The van der Waals surface area contributed by atoms with E-state index in [-0.39, 0.29) is 6.42 Å². The molecule has 0 heterocycles. The summed E-state index contributed by atoms with van der Waals surface area (Å²) < 4.78 is 12.8. The van der Waals surface area contributed by atoms with Gasteiger partial charge in [0.2, 0.25) is 5.91 Å². The maximum atomic E-state index is 12.8. The molecule has 0 radical (unpaired) electrons. The lowest BCUT2D eigenvalue weighted by molar-refractivity contribution is -0.142. The Morgan fingerprint density at radius 2 is 1.86 bits per heavy atom. The fraction of sp³-hybridized carbons (Fsp3) is 0.467. The van der Waals surface area contributed by atoms with E-state index in [1.807, 2.05) is 0 Å². The Kier molecular flexibility index (Phi) is 7.48. The van der Waals surface area contributed by atoms with Crippen molar-refractivity contribution >= 4 is 11.9 Å². The maximum absolute atomic E-state index is 12.8. The van der Waals surface area contributed by atoms with Crippen LogP contribution < -0.4 is 16.8 Å². The van der Waals surface area contributed by atoms with Crippen LogP contribution in [-0.2, 0) is 16.0 Å². The number of halogens is 1. The third-order valence-corrected chi connectivity index (χ3v) is 3.27. The summed E-state index contributed by atoms with van der Waals surface area (Å²) in [5.74, 6) is -2.07. The molecule has 0 saturated heterocycles. The molecule has 0 fully saturated rings. The van der Waals surface area contributed by atoms with E-state index in [0.717, 1.165) is 6.42 Å². The van der Waals surface area contributed by atoms with Gasteiger partial charge >= 0.3 is 5.97 Å². The molecular weight excluding hydrogens is 289 g/mol. The van der Waals surface area contributed by atoms with Crippen molar-refractivity contribution in [2.24, 2.45) is 11.5 Å². The first kappa shape index (κ1) is 18.1. The quantitative estimate of drug-likeness (QED) is 0.492. The van der Waals surface area contributed by atoms with Crippen molar-refractivity contribution < 1.29 is 19.1 Å². The fourth-order valence-electron chi connectivity index (χ4n) is 1.97. The van der Waals surface area contributed by atoms with E-state index in [1.165, 1.54) is 24.3 Å². The largest absolute Gasteiger partial charge is 0.480 e. The predicted molar refractivity (Wildman–Crippen MR) is 80.6 cm³/mol. The fourth-order valence-corrected chi connectivity index (χ4v) is 1.97. The predicted octanol–water partition coefficient (Wildman–Crippen LogP) is 0.394. The average molecular weight is 311 g/mol. The lowest BCUT2D eigenvalue weighted by atomic mass is 10.0. The number of aliphatic carboxylic acids is 1. The molecule has 122 valence electrons. The van der Waals surface area contributed by atoms with E-state index < -0.39 is 29.8 Å². The lowest BCUT2D eigenvalue weighted by Crippen LogP contribution is -2.49. The third-order valence-electron chi connectivity index (χ3n) is 3.27. The molecule has 0 spiro atoms. The Bertz CT molecular complexity index is 493. The number of rotatable bonds is 9. The number of carboxylic acids is 1. The van der Waals surface area contributed by atoms with Crippen molar-refractivity contribution in [2.45, 2.75) is 37.8 Å². The Morgan fingerprint density at radius 3 is 2.41 bits per heavy atom. The summed E-state index contributed by atoms with van der Waals surface area (Å²) in [4.78, 5) is 23.1. The van der Waals surface area contributed by atoms with Crippen molar-refractivity contribution in [1.29, 1.82) is 0 Å². The molecule has 0 aliphatic heterocycles. The van der Waals surface area contributed by atoms with Crippen molar-refractivity contribution in [2.75, 3.05) is 6.54 Å². The van der Waals surface area contributed by atoms with Crippen molar-refractivity contribution in [1.82, 2.24) is 5.32 Å². The van der Waals surface area contributed by atoms with Crippen molar-refractivity contribution in [3.05, 3.63) is 35.6 Å². The molecule has 0 aliphatic rings. The Labute approximate surface area is 128 Å². The van der Waals surface area contributed by atoms with E-state index in [2.05, 4.69) is 5.32 Å². The number of amides is 1. The standard InChI is InChI=1S/C15H22FN3O3/c16-11-6-4-10(5-7-11)9-13(15(21)22)19-14(20)12(18)3-1-2-8-17/h4-7,12-13H,1-3,8-9,17-18H2,(H,19,20)(H,21,22)/t12-,13?/m0/s1. The maximum Gasteiger partial charge on any atom is 0.326 e. The van der Waals surface area contributed by atoms with Gasteiger partial charge in [-0.25, -0.2) is 9.18 Å². The van der Waals surface area contributed by atoms with E-state index >= 15 is 0 Å². The van der Waals surface area contributed by atoms with Gasteiger partial charge < -0.3 is 21.9 Å². The van der Waals surface area contributed by atoms with Crippen LogP contribution in [0.1, 0.15) is 24.8 Å². The van der Waals surface area contributed by atoms with Gasteiger partial charge in [-0.1, -0.05) is 18.6 Å². The minimum absolute atomic E-state index is 0.0663. The average Bonchev–Trinajstić information content (AvgIpc) is 2.48. The highest BCUT2D eigenvalue weighted by Gasteiger charge is 2.23. The molecule has 0 aliphatic carbocycles. The second-order valence-electron chi connectivity index (χ2n) is 5.12. The highest BCUT2D eigenvalue weighted by Crippen LogP contribution is 2.07. The number of nitrogens with two attached hydrogens (primary N) is 2. The van der Waals surface area contributed by atoms with Gasteiger partial charge in [0.25, 0.3) is 0 Å². The lowest BCUT2D eigenvalue weighted by Gasteiger charge is -2.18. The second-order valence-corrected chi connectivity index (χ2v) is 5.12. The summed E-state index contributed by atoms with van der Waals surface area (Å²) in [5.41, 5.74) is 11.7. The number of hydrogen-bond acceptors (Lipinski definition) is 4. The number of hydrogen-bond donors (Lipinski definition) is 4. The van der Waals surface area contributed by atoms with E-state index in [0.29, 0.717) is 24.9 Å². The van der Waals surface area contributed by atoms with Crippen LogP contribution in [0.4, 0.5) is 4.39 Å². The molecule has 1 unspecified atom stereocenters. The molecule has 22 heavy (non-hydrogen) atoms. The SMILES string of the molecule is NCCCC[C@H](N)C(=O)NC(Cc1ccc(F)cc1)C(=O)O. The summed E-state index contributed by atoms with van der Waals surface area (Å²) in [5, 5.41) is 11.6. The second kappa shape index (κ2) is 9.11. The molecule has 0 aromatic heterocycles. The molecule has 0 bridgehead atoms. The van der Waals surface area contributed by atoms with Gasteiger partial charge in [0.15, 0.2) is 0 Å². The molecule has 1 amide bonds. The van der Waals surface area contributed by atoms with E-state index in [9.17, 15) is 19.1 Å². The molecule has 1 aromatic carbocycles. The van der Waals surface area contributed by atoms with Gasteiger partial charge in [-0.3, -0.25) is 4.79 Å². The van der Waals surface area contributed by atoms with Crippen molar-refractivity contribution in [3.63, 3.8) is 0 Å². The summed E-state index contributed by atoms with van der Waals surface area (Å²) >= 11 is 0. The number of carboxylic acid groups (broad SMARTS) is 1. The molecule has 6 N–H and O–H groups in total. The Morgan fingerprint density at radius 1 is 1.23 bits per heavy atom. The van der Waals surface area contributed by atoms with Gasteiger partial charge in [0, 0.05) is 6.42 Å². The van der Waals surface area contributed by atoms with Gasteiger partial charge in [0.05, 0.1) is 6.04 Å². The number of benzene rings is 1. The highest BCUT2D eigenvalue weighted by atomic mass is 19.1. The molecule has 6 nitrogen and oxygen atoms in total. The molecule has 2 atom stereocenters. The molecule has 1 rings (SSSR count). The normalized spacial score (nSPS) is 13.4. The smallest absolute Gasteiger partial charge is 0.326 e. The van der Waals surface area contributed by atoms with Crippen LogP contribution in [0.5, 0.6) is 0 Å². The number of carbonyl (C=O) groups is 2. The summed E-state index contributed by atoms with van der Waals surface area (Å²) in [7, 11) is 0. The zero-order chi connectivity index (χ0) is 16.5. The first-order valence-electron chi connectivity index (χ1n) is 7.17. The molecule has 7 heteroatoms. The van der Waals surface area contributed by atoms with Crippen LogP contribution in [0.25, 0.3) is 0 Å². The zero-order valence-corrected chi connectivity index (χ0v) is 12.3. The summed E-state index contributed by atoms with van der Waals surface area (Å²) in [6, 6.07) is 3.60. The molecular formula is C15H22FN3O3. The molecule has 1 aromatic rings. The number of carbonyl (C=O) groups excluding carboxylic acids is 1. The zero-order valence-electron chi connectivity index (χ0n) is 12.3. The van der Waals surface area contributed by atoms with Crippen LogP contribution in [-0.4, -0.2) is 35.6 Å². The number of unbranched alkanes of at least 4 members (excludes halogenated alkanes) is 1. The van der Waals surface area contributed by atoms with Crippen LogP contribution in [0.2, 0.25) is 0 Å². The van der Waals surface area contributed by atoms with Gasteiger partial charge in [-0.2, -0.15) is 0 Å². The minimum atomic E-state index is -1.16. The highest BCUT2D eigenvalue weighted by molar-refractivity contribution is 5.86. The van der Waals surface area contributed by atoms with E-state index in [1.54, 1.807) is 0 Å². The first-order valence-corrected chi connectivity index (χ1v) is 7.17. The Balaban J connectivity index is 2.58. The van der Waals surface area contributed by atoms with Crippen LogP contribution >= 0.6 is 0 Å². The van der Waals surface area contributed by atoms with Gasteiger partial charge in [0.1, 0.15) is 11.9 Å². The van der Waals surface area contributed by atoms with Gasteiger partial charge in [-0.15, -0.1) is 0 Å². The van der Waals surface area contributed by atoms with Crippen LogP contribution in [0.15, 0.2) is 24.3 Å². The van der Waals surface area contributed by atoms with Gasteiger partial charge in [-0.05, 0) is 37.1 Å².